The van der Waals surface area contributed by atoms with E-state index >= 15 is 0 Å². The highest BCUT2D eigenvalue weighted by Crippen LogP contribution is 2.25. The molecule has 2 aromatic rings. The summed E-state index contributed by atoms with van der Waals surface area (Å²) in [6.07, 6.45) is 2.86. The molecule has 0 aliphatic heterocycles. The van der Waals surface area contributed by atoms with Crippen LogP contribution in [-0.4, -0.2) is 11.5 Å². The molecule has 0 radical (unpaired) electrons. The molecule has 2 nitrogen and oxygen atoms in total. The van der Waals surface area contributed by atoms with Crippen molar-refractivity contribution in [3.8, 4) is 0 Å². The monoisotopic (exact) mass is 308 g/mol. The van der Waals surface area contributed by atoms with Gasteiger partial charge in [-0.25, -0.2) is 4.39 Å². The van der Waals surface area contributed by atoms with E-state index in [0.29, 0.717) is 5.56 Å². The molecule has 0 fully saturated rings. The van der Waals surface area contributed by atoms with E-state index in [1.807, 2.05) is 31.2 Å². The molecule has 1 N–H and O–H groups in total. The van der Waals surface area contributed by atoms with Crippen LogP contribution in [0, 0.1) is 5.82 Å². The Balaban J connectivity index is 2.43. The summed E-state index contributed by atoms with van der Waals surface area (Å²) in [5.74, 6) is -0.288. The fourth-order valence-electron chi connectivity index (χ4n) is 1.92. The number of halogens is 2. The number of hydrogen-bond donors (Lipinski definition) is 1. The fraction of sp³-hybridized carbons (Fsp3) is 0.214. The van der Waals surface area contributed by atoms with Crippen molar-refractivity contribution >= 4 is 15.9 Å². The highest BCUT2D eigenvalue weighted by Gasteiger charge is 2.16. The average molecular weight is 309 g/mol. The summed E-state index contributed by atoms with van der Waals surface area (Å²) in [6, 6.07) is 9.43. The third kappa shape index (κ3) is 2.94. The molecular formula is C14H14BrFN2. The molecule has 0 spiro atoms. The summed E-state index contributed by atoms with van der Waals surface area (Å²) < 4.78 is 14.8. The van der Waals surface area contributed by atoms with Gasteiger partial charge in [0.1, 0.15) is 5.82 Å². The smallest absolute Gasteiger partial charge is 0.146 e. The van der Waals surface area contributed by atoms with Crippen LogP contribution in [0.25, 0.3) is 0 Å². The van der Waals surface area contributed by atoms with Gasteiger partial charge in [0.2, 0.25) is 0 Å². The van der Waals surface area contributed by atoms with Crippen molar-refractivity contribution in [2.75, 3.05) is 6.54 Å². The Morgan fingerprint density at radius 3 is 2.89 bits per heavy atom. The summed E-state index contributed by atoms with van der Waals surface area (Å²) >= 11 is 3.44. The molecule has 2 rings (SSSR count). The molecule has 0 bridgehead atoms. The highest BCUT2D eigenvalue weighted by atomic mass is 79.9. The molecule has 94 valence electrons. The Morgan fingerprint density at radius 2 is 2.22 bits per heavy atom. The number of hydrogen-bond acceptors (Lipinski definition) is 2. The zero-order valence-corrected chi connectivity index (χ0v) is 11.6. The van der Waals surface area contributed by atoms with E-state index in [1.54, 1.807) is 12.3 Å². The Bertz CT molecular complexity index is 531. The Labute approximate surface area is 114 Å². The molecular weight excluding hydrogens is 295 g/mol. The quantitative estimate of drug-likeness (QED) is 0.932. The number of nitrogens with one attached hydrogen (secondary N) is 1. The lowest BCUT2D eigenvalue weighted by Crippen LogP contribution is -2.23. The number of pyridine rings is 1. The van der Waals surface area contributed by atoms with E-state index in [4.69, 9.17) is 0 Å². The second-order valence-electron chi connectivity index (χ2n) is 3.94. The van der Waals surface area contributed by atoms with Crippen LogP contribution in [0.1, 0.15) is 24.1 Å². The molecule has 0 aliphatic carbocycles. The second-order valence-corrected chi connectivity index (χ2v) is 4.86. The van der Waals surface area contributed by atoms with Crippen LogP contribution in [0.5, 0.6) is 0 Å². The summed E-state index contributed by atoms with van der Waals surface area (Å²) in [6.45, 7) is 2.77. The molecule has 4 heteroatoms. The topological polar surface area (TPSA) is 24.9 Å². The number of nitrogens with zero attached hydrogens (tertiary/aromatic N) is 1. The average Bonchev–Trinajstić information content (AvgIpc) is 2.37. The second kappa shape index (κ2) is 6.07. The van der Waals surface area contributed by atoms with Gasteiger partial charge in [-0.2, -0.15) is 0 Å². The van der Waals surface area contributed by atoms with Gasteiger partial charge in [0.05, 0.1) is 12.2 Å². The van der Waals surface area contributed by atoms with Crippen molar-refractivity contribution in [1.29, 1.82) is 0 Å². The molecule has 1 heterocycles. The first-order chi connectivity index (χ1) is 8.72. The summed E-state index contributed by atoms with van der Waals surface area (Å²) in [4.78, 5) is 3.79. The van der Waals surface area contributed by atoms with E-state index < -0.39 is 0 Å². The maximum atomic E-state index is 13.8. The van der Waals surface area contributed by atoms with Crippen LogP contribution < -0.4 is 5.32 Å². The van der Waals surface area contributed by atoms with Crippen molar-refractivity contribution in [3.05, 3.63) is 64.1 Å². The van der Waals surface area contributed by atoms with Gasteiger partial charge in [-0.1, -0.05) is 35.0 Å². The first-order valence-electron chi connectivity index (χ1n) is 5.80. The van der Waals surface area contributed by atoms with Crippen LogP contribution in [-0.2, 0) is 0 Å². The minimum atomic E-state index is -0.288. The zero-order chi connectivity index (χ0) is 13.0. The molecule has 0 amide bonds. The van der Waals surface area contributed by atoms with Crippen molar-refractivity contribution in [3.63, 3.8) is 0 Å². The van der Waals surface area contributed by atoms with Gasteiger partial charge in [0, 0.05) is 16.2 Å². The van der Waals surface area contributed by atoms with E-state index in [1.165, 1.54) is 6.20 Å². The SMILES string of the molecule is CCNC(c1cccc(Br)c1)c1ccncc1F. The molecule has 1 aromatic carbocycles. The van der Waals surface area contributed by atoms with Crippen LogP contribution >= 0.6 is 15.9 Å². The Kier molecular flexibility index (Phi) is 4.44. The van der Waals surface area contributed by atoms with Crippen molar-refractivity contribution in [1.82, 2.24) is 10.3 Å². The summed E-state index contributed by atoms with van der Waals surface area (Å²) in [5, 5.41) is 3.29. The van der Waals surface area contributed by atoms with Gasteiger partial charge >= 0.3 is 0 Å². The van der Waals surface area contributed by atoms with Crippen LogP contribution in [0.4, 0.5) is 4.39 Å². The standard InChI is InChI=1S/C14H14BrFN2/c1-2-18-14(10-4-3-5-11(15)8-10)12-6-7-17-9-13(12)16/h3-9,14,18H,2H2,1H3. The van der Waals surface area contributed by atoms with Crippen molar-refractivity contribution < 1.29 is 4.39 Å². The third-order valence-electron chi connectivity index (χ3n) is 2.71. The third-order valence-corrected chi connectivity index (χ3v) is 3.20. The van der Waals surface area contributed by atoms with Crippen LogP contribution in [0.2, 0.25) is 0 Å². The molecule has 18 heavy (non-hydrogen) atoms. The number of benzene rings is 1. The van der Waals surface area contributed by atoms with Gasteiger partial charge in [-0.3, -0.25) is 4.98 Å². The van der Waals surface area contributed by atoms with Gasteiger partial charge in [-0.15, -0.1) is 0 Å². The van der Waals surface area contributed by atoms with Gasteiger partial charge in [-0.05, 0) is 30.3 Å². The number of rotatable bonds is 4. The van der Waals surface area contributed by atoms with Gasteiger partial charge in [0.25, 0.3) is 0 Å². The van der Waals surface area contributed by atoms with Crippen LogP contribution in [0.15, 0.2) is 47.2 Å². The van der Waals surface area contributed by atoms with E-state index in [-0.39, 0.29) is 11.9 Å². The predicted molar refractivity (Wildman–Crippen MR) is 73.9 cm³/mol. The molecule has 1 atom stereocenters. The van der Waals surface area contributed by atoms with E-state index in [0.717, 1.165) is 16.6 Å². The lowest BCUT2D eigenvalue weighted by Gasteiger charge is -2.19. The first kappa shape index (κ1) is 13.2. The van der Waals surface area contributed by atoms with E-state index in [9.17, 15) is 4.39 Å². The maximum Gasteiger partial charge on any atom is 0.146 e. The molecule has 0 saturated heterocycles. The molecule has 0 aliphatic rings. The molecule has 1 aromatic heterocycles. The van der Waals surface area contributed by atoms with E-state index in [2.05, 4.69) is 26.2 Å². The van der Waals surface area contributed by atoms with Gasteiger partial charge < -0.3 is 5.32 Å². The first-order valence-corrected chi connectivity index (χ1v) is 6.60. The highest BCUT2D eigenvalue weighted by molar-refractivity contribution is 9.10. The molecule has 0 saturated carbocycles. The minimum Gasteiger partial charge on any atom is -0.306 e. The lowest BCUT2D eigenvalue weighted by atomic mass is 9.99. The Hall–Kier alpha value is -1.26. The van der Waals surface area contributed by atoms with Crippen molar-refractivity contribution in [2.24, 2.45) is 0 Å². The zero-order valence-electron chi connectivity index (χ0n) is 10.0. The van der Waals surface area contributed by atoms with Crippen molar-refractivity contribution in [2.45, 2.75) is 13.0 Å². The largest absolute Gasteiger partial charge is 0.306 e. The normalized spacial score (nSPS) is 12.4. The summed E-state index contributed by atoms with van der Waals surface area (Å²) in [7, 11) is 0. The van der Waals surface area contributed by atoms with Gasteiger partial charge in [0.15, 0.2) is 0 Å². The molecule has 1 unspecified atom stereocenters. The fourth-order valence-corrected chi connectivity index (χ4v) is 2.33. The number of aromatic nitrogens is 1. The minimum absolute atomic E-state index is 0.157. The maximum absolute atomic E-state index is 13.8. The predicted octanol–water partition coefficient (Wildman–Crippen LogP) is 3.68. The Morgan fingerprint density at radius 1 is 1.39 bits per heavy atom. The van der Waals surface area contributed by atoms with Crippen LogP contribution in [0.3, 0.4) is 0 Å². The summed E-state index contributed by atoms with van der Waals surface area (Å²) in [5.41, 5.74) is 1.64. The lowest BCUT2D eigenvalue weighted by molar-refractivity contribution is 0.554.